The van der Waals surface area contributed by atoms with Crippen molar-refractivity contribution in [1.29, 1.82) is 0 Å². The molecule has 1 fully saturated rings. The molecule has 0 bridgehead atoms. The van der Waals surface area contributed by atoms with Gasteiger partial charge in [0.05, 0.1) is 19.2 Å². The van der Waals surface area contributed by atoms with E-state index in [0.717, 1.165) is 51.0 Å². The predicted octanol–water partition coefficient (Wildman–Crippen LogP) is 2.98. The molecule has 1 aliphatic heterocycles. The average Bonchev–Trinajstić information content (AvgIpc) is 2.91. The number of nitrogens with zero attached hydrogens (tertiary/aromatic N) is 3. The molecule has 1 aromatic rings. The fourth-order valence-electron chi connectivity index (χ4n) is 3.35. The Balaban J connectivity index is 1.85. The van der Waals surface area contributed by atoms with Gasteiger partial charge in [0.25, 0.3) is 0 Å². The third kappa shape index (κ3) is 9.05. The summed E-state index contributed by atoms with van der Waals surface area (Å²) in [4.78, 5) is 9.74. The van der Waals surface area contributed by atoms with Crippen LogP contribution in [0.3, 0.4) is 0 Å². The van der Waals surface area contributed by atoms with Crippen LogP contribution in [-0.4, -0.2) is 75.2 Å². The van der Waals surface area contributed by atoms with E-state index in [-0.39, 0.29) is 6.04 Å². The SMILES string of the molecule is CCNC(=NCCN1CCCN(C)CC1)NC(C)c1ccc(OCC(C)C)cc1. The third-order valence-corrected chi connectivity index (χ3v) is 5.16. The van der Waals surface area contributed by atoms with E-state index in [2.05, 4.69) is 79.4 Å². The number of nitrogens with one attached hydrogen (secondary N) is 2. The van der Waals surface area contributed by atoms with Crippen molar-refractivity contribution >= 4 is 5.96 Å². The molecule has 0 aromatic heterocycles. The molecule has 164 valence electrons. The van der Waals surface area contributed by atoms with Crippen LogP contribution in [0.15, 0.2) is 29.3 Å². The second-order valence-electron chi connectivity index (χ2n) is 8.40. The molecular formula is C23H41N5O. The zero-order valence-electron chi connectivity index (χ0n) is 19.1. The second kappa shape index (κ2) is 12.7. The Labute approximate surface area is 177 Å². The lowest BCUT2D eigenvalue weighted by molar-refractivity contribution is 0.271. The number of likely N-dealkylation sites (N-methyl/N-ethyl adjacent to an activating group) is 1. The fourth-order valence-corrected chi connectivity index (χ4v) is 3.35. The van der Waals surface area contributed by atoms with Crippen LogP contribution >= 0.6 is 0 Å². The van der Waals surface area contributed by atoms with Gasteiger partial charge in [-0.15, -0.1) is 0 Å². The highest BCUT2D eigenvalue weighted by atomic mass is 16.5. The molecule has 0 saturated carbocycles. The Morgan fingerprint density at radius 3 is 2.55 bits per heavy atom. The van der Waals surface area contributed by atoms with Crippen molar-refractivity contribution in [1.82, 2.24) is 20.4 Å². The summed E-state index contributed by atoms with van der Waals surface area (Å²) in [6, 6.07) is 8.54. The minimum Gasteiger partial charge on any atom is -0.493 e. The van der Waals surface area contributed by atoms with Crippen molar-refractivity contribution in [2.45, 2.75) is 40.2 Å². The van der Waals surface area contributed by atoms with E-state index >= 15 is 0 Å². The molecule has 0 aliphatic carbocycles. The molecule has 1 heterocycles. The first-order valence-electron chi connectivity index (χ1n) is 11.2. The van der Waals surface area contributed by atoms with Gasteiger partial charge in [-0.2, -0.15) is 0 Å². The van der Waals surface area contributed by atoms with Crippen molar-refractivity contribution < 1.29 is 4.74 Å². The first-order chi connectivity index (χ1) is 14.0. The van der Waals surface area contributed by atoms with Crippen molar-refractivity contribution in [2.75, 3.05) is 59.5 Å². The lowest BCUT2D eigenvalue weighted by Gasteiger charge is -2.21. The number of aliphatic imine (C=N–C) groups is 1. The Morgan fingerprint density at radius 1 is 1.10 bits per heavy atom. The molecule has 6 heteroatoms. The molecule has 2 rings (SSSR count). The summed E-state index contributed by atoms with van der Waals surface area (Å²) in [5.74, 6) is 2.34. The van der Waals surface area contributed by atoms with E-state index in [1.807, 2.05) is 0 Å². The largest absolute Gasteiger partial charge is 0.493 e. The van der Waals surface area contributed by atoms with Gasteiger partial charge in [0, 0.05) is 26.2 Å². The number of ether oxygens (including phenoxy) is 1. The predicted molar refractivity (Wildman–Crippen MR) is 123 cm³/mol. The van der Waals surface area contributed by atoms with Gasteiger partial charge in [0.15, 0.2) is 5.96 Å². The molecule has 1 unspecified atom stereocenters. The summed E-state index contributed by atoms with van der Waals surface area (Å²) in [5.41, 5.74) is 1.23. The van der Waals surface area contributed by atoms with Crippen molar-refractivity contribution in [3.8, 4) is 5.75 Å². The highest BCUT2D eigenvalue weighted by Gasteiger charge is 2.12. The molecule has 0 spiro atoms. The number of rotatable bonds is 9. The van der Waals surface area contributed by atoms with Crippen LogP contribution in [-0.2, 0) is 0 Å². The lowest BCUT2D eigenvalue weighted by atomic mass is 10.1. The maximum absolute atomic E-state index is 5.78. The highest BCUT2D eigenvalue weighted by molar-refractivity contribution is 5.80. The van der Waals surface area contributed by atoms with Crippen LogP contribution < -0.4 is 15.4 Å². The summed E-state index contributed by atoms with van der Waals surface area (Å²) in [6.45, 7) is 16.7. The van der Waals surface area contributed by atoms with E-state index in [1.54, 1.807) is 0 Å². The Morgan fingerprint density at radius 2 is 1.86 bits per heavy atom. The lowest BCUT2D eigenvalue weighted by Crippen LogP contribution is -2.39. The summed E-state index contributed by atoms with van der Waals surface area (Å²) >= 11 is 0. The summed E-state index contributed by atoms with van der Waals surface area (Å²) in [7, 11) is 2.21. The fraction of sp³-hybridized carbons (Fsp3) is 0.696. The minimum absolute atomic E-state index is 0.179. The van der Waals surface area contributed by atoms with Crippen molar-refractivity contribution in [2.24, 2.45) is 10.9 Å². The molecule has 1 aromatic carbocycles. The number of benzene rings is 1. The van der Waals surface area contributed by atoms with E-state index in [0.29, 0.717) is 5.92 Å². The van der Waals surface area contributed by atoms with E-state index in [4.69, 9.17) is 9.73 Å². The standard InChI is InChI=1S/C23H41N5O/c1-6-24-23(25-12-15-28-14-7-13-27(5)16-17-28)26-20(4)21-8-10-22(11-9-21)29-18-19(2)3/h8-11,19-20H,6-7,12-18H2,1-5H3,(H2,24,25,26). The van der Waals surface area contributed by atoms with Crippen LogP contribution in [0.2, 0.25) is 0 Å². The van der Waals surface area contributed by atoms with Gasteiger partial charge in [-0.3, -0.25) is 4.99 Å². The Bertz CT molecular complexity index is 602. The number of hydrogen-bond donors (Lipinski definition) is 2. The van der Waals surface area contributed by atoms with E-state index in [9.17, 15) is 0 Å². The molecule has 2 N–H and O–H groups in total. The minimum atomic E-state index is 0.179. The second-order valence-corrected chi connectivity index (χ2v) is 8.40. The number of hydrogen-bond acceptors (Lipinski definition) is 4. The van der Waals surface area contributed by atoms with Crippen LogP contribution in [0, 0.1) is 5.92 Å². The normalized spacial score (nSPS) is 17.8. The summed E-state index contributed by atoms with van der Waals surface area (Å²) < 4.78 is 5.78. The smallest absolute Gasteiger partial charge is 0.191 e. The topological polar surface area (TPSA) is 52.1 Å². The molecule has 6 nitrogen and oxygen atoms in total. The molecule has 0 radical (unpaired) electrons. The van der Waals surface area contributed by atoms with Gasteiger partial charge in [-0.05, 0) is 64.0 Å². The van der Waals surface area contributed by atoms with Crippen molar-refractivity contribution in [3.63, 3.8) is 0 Å². The number of guanidine groups is 1. The van der Waals surface area contributed by atoms with Crippen molar-refractivity contribution in [3.05, 3.63) is 29.8 Å². The van der Waals surface area contributed by atoms with Crippen LogP contribution in [0.1, 0.15) is 45.7 Å². The Kier molecular flexibility index (Phi) is 10.3. The molecule has 1 aliphatic rings. The first-order valence-corrected chi connectivity index (χ1v) is 11.2. The highest BCUT2D eigenvalue weighted by Crippen LogP contribution is 2.18. The average molecular weight is 404 g/mol. The van der Waals surface area contributed by atoms with Crippen LogP contribution in [0.25, 0.3) is 0 Å². The van der Waals surface area contributed by atoms with Gasteiger partial charge in [0.2, 0.25) is 0 Å². The monoisotopic (exact) mass is 403 g/mol. The first kappa shape index (κ1) is 23.5. The molecule has 1 saturated heterocycles. The third-order valence-electron chi connectivity index (χ3n) is 5.16. The van der Waals surface area contributed by atoms with E-state index in [1.165, 1.54) is 25.1 Å². The van der Waals surface area contributed by atoms with Crippen LogP contribution in [0.4, 0.5) is 0 Å². The maximum Gasteiger partial charge on any atom is 0.191 e. The van der Waals surface area contributed by atoms with Gasteiger partial charge < -0.3 is 25.2 Å². The quantitative estimate of drug-likeness (QED) is 0.490. The zero-order valence-corrected chi connectivity index (χ0v) is 19.1. The van der Waals surface area contributed by atoms with Gasteiger partial charge >= 0.3 is 0 Å². The maximum atomic E-state index is 5.78. The summed E-state index contributed by atoms with van der Waals surface area (Å²) in [5, 5.41) is 6.90. The molecular weight excluding hydrogens is 362 g/mol. The van der Waals surface area contributed by atoms with Gasteiger partial charge in [0.1, 0.15) is 5.75 Å². The zero-order chi connectivity index (χ0) is 21.1. The molecule has 1 atom stereocenters. The van der Waals surface area contributed by atoms with Gasteiger partial charge in [-0.25, -0.2) is 0 Å². The molecule has 29 heavy (non-hydrogen) atoms. The van der Waals surface area contributed by atoms with Crippen LogP contribution in [0.5, 0.6) is 5.75 Å². The molecule has 0 amide bonds. The van der Waals surface area contributed by atoms with Gasteiger partial charge in [-0.1, -0.05) is 26.0 Å². The summed E-state index contributed by atoms with van der Waals surface area (Å²) in [6.07, 6.45) is 1.24. The Hall–Kier alpha value is -1.79. The van der Waals surface area contributed by atoms with E-state index < -0.39 is 0 Å².